The molecular weight excluding hydrogens is 322 g/mol. The van der Waals surface area contributed by atoms with Gasteiger partial charge in [-0.1, -0.05) is 30.3 Å². The van der Waals surface area contributed by atoms with Crippen LogP contribution in [0.15, 0.2) is 60.3 Å². The van der Waals surface area contributed by atoms with Crippen molar-refractivity contribution in [2.75, 3.05) is 19.5 Å². The molecule has 2 aromatic carbocycles. The summed E-state index contributed by atoms with van der Waals surface area (Å²) < 4.78 is 15.2. The molecule has 2 aromatic rings. The quantitative estimate of drug-likeness (QED) is 0.641. The molecule has 0 saturated heterocycles. The van der Waals surface area contributed by atoms with Crippen molar-refractivity contribution in [2.45, 2.75) is 6.92 Å². The Hall–Kier alpha value is -3.28. The highest BCUT2D eigenvalue weighted by Gasteiger charge is 2.16. The summed E-state index contributed by atoms with van der Waals surface area (Å²) in [5, 5.41) is 2.89. The third-order valence-corrected chi connectivity index (χ3v) is 3.31. The lowest BCUT2D eigenvalue weighted by Gasteiger charge is -2.16. The Morgan fingerprint density at radius 3 is 2.32 bits per heavy atom. The van der Waals surface area contributed by atoms with E-state index < -0.39 is 11.9 Å². The molecule has 0 radical (unpaired) electrons. The van der Waals surface area contributed by atoms with Crippen LogP contribution in [0.4, 0.5) is 5.69 Å². The minimum atomic E-state index is -0.697. The molecule has 0 bridgehead atoms. The number of carbonyl (C=O) groups is 2. The first-order chi connectivity index (χ1) is 12.0. The Morgan fingerprint density at radius 2 is 1.68 bits per heavy atom. The number of benzene rings is 2. The van der Waals surface area contributed by atoms with Crippen molar-refractivity contribution >= 4 is 17.6 Å². The summed E-state index contributed by atoms with van der Waals surface area (Å²) in [6.45, 7) is 1.88. The Kier molecular flexibility index (Phi) is 6.17. The maximum Gasteiger partial charge on any atom is 0.354 e. The molecule has 0 aromatic heterocycles. The summed E-state index contributed by atoms with van der Waals surface area (Å²) in [4.78, 5) is 23.4. The van der Waals surface area contributed by atoms with Crippen LogP contribution in [-0.2, 0) is 19.1 Å². The number of methoxy groups -OCH3 is 2. The van der Waals surface area contributed by atoms with E-state index in [1.807, 2.05) is 49.4 Å². The van der Waals surface area contributed by atoms with E-state index in [1.165, 1.54) is 14.2 Å². The highest BCUT2D eigenvalue weighted by atomic mass is 16.5. The zero-order valence-electron chi connectivity index (χ0n) is 14.2. The van der Waals surface area contributed by atoms with Crippen molar-refractivity contribution in [1.29, 1.82) is 0 Å². The molecular formula is C19H19NO5. The number of anilines is 1. The van der Waals surface area contributed by atoms with Crippen molar-refractivity contribution in [1.82, 2.24) is 0 Å². The SMILES string of the molecule is COC(=O)/C=C(/Nc1cccc(C)c1Oc1ccccc1)C(=O)OC. The van der Waals surface area contributed by atoms with E-state index in [0.717, 1.165) is 11.6 Å². The number of carbonyl (C=O) groups excluding carboxylic acids is 2. The number of hydrogen-bond donors (Lipinski definition) is 1. The van der Waals surface area contributed by atoms with Crippen molar-refractivity contribution in [3.8, 4) is 11.5 Å². The topological polar surface area (TPSA) is 73.9 Å². The first-order valence-electron chi connectivity index (χ1n) is 7.52. The Morgan fingerprint density at radius 1 is 0.960 bits per heavy atom. The molecule has 0 fully saturated rings. The fourth-order valence-corrected chi connectivity index (χ4v) is 2.07. The van der Waals surface area contributed by atoms with Crippen molar-refractivity contribution < 1.29 is 23.8 Å². The second-order valence-electron chi connectivity index (χ2n) is 5.06. The number of aryl methyl sites for hydroxylation is 1. The van der Waals surface area contributed by atoms with Crippen LogP contribution in [0.1, 0.15) is 5.56 Å². The van der Waals surface area contributed by atoms with Gasteiger partial charge in [0.15, 0.2) is 5.75 Å². The molecule has 25 heavy (non-hydrogen) atoms. The van der Waals surface area contributed by atoms with Gasteiger partial charge < -0.3 is 19.5 Å². The van der Waals surface area contributed by atoms with Gasteiger partial charge in [0.25, 0.3) is 0 Å². The molecule has 6 heteroatoms. The van der Waals surface area contributed by atoms with Crippen LogP contribution in [0.5, 0.6) is 11.5 Å². The van der Waals surface area contributed by atoms with Gasteiger partial charge in [-0.25, -0.2) is 9.59 Å². The third-order valence-electron chi connectivity index (χ3n) is 3.31. The molecule has 0 aliphatic rings. The summed E-state index contributed by atoms with van der Waals surface area (Å²) in [5.74, 6) is -0.187. The average molecular weight is 341 g/mol. The minimum Gasteiger partial charge on any atom is -0.466 e. The lowest BCUT2D eigenvalue weighted by molar-refractivity contribution is -0.138. The molecule has 0 aliphatic heterocycles. The summed E-state index contributed by atoms with van der Waals surface area (Å²) in [6, 6.07) is 14.7. The van der Waals surface area contributed by atoms with E-state index in [1.54, 1.807) is 6.07 Å². The van der Waals surface area contributed by atoms with Crippen LogP contribution in [0, 0.1) is 6.92 Å². The summed E-state index contributed by atoms with van der Waals surface area (Å²) in [7, 11) is 2.46. The van der Waals surface area contributed by atoms with E-state index in [0.29, 0.717) is 17.2 Å². The zero-order chi connectivity index (χ0) is 18.2. The molecule has 0 unspecified atom stereocenters. The molecule has 1 N–H and O–H groups in total. The van der Waals surface area contributed by atoms with Gasteiger partial charge in [-0.3, -0.25) is 0 Å². The van der Waals surface area contributed by atoms with Crippen LogP contribution >= 0.6 is 0 Å². The molecule has 130 valence electrons. The summed E-state index contributed by atoms with van der Waals surface area (Å²) >= 11 is 0. The molecule has 0 saturated carbocycles. The fraction of sp³-hybridized carbons (Fsp3) is 0.158. The standard InChI is InChI=1S/C19H19NO5/c1-13-8-7-11-15(18(13)25-14-9-5-4-6-10-14)20-16(19(22)24-3)12-17(21)23-2/h4-12,20H,1-3H3/b16-12+. The van der Waals surface area contributed by atoms with Gasteiger partial charge in [0.1, 0.15) is 11.4 Å². The summed E-state index contributed by atoms with van der Waals surface area (Å²) in [6.07, 6.45) is 1.03. The molecule has 6 nitrogen and oxygen atoms in total. The average Bonchev–Trinajstić information content (AvgIpc) is 2.63. The maximum absolute atomic E-state index is 11.9. The van der Waals surface area contributed by atoms with Crippen molar-refractivity contribution in [3.63, 3.8) is 0 Å². The number of nitrogens with one attached hydrogen (secondary N) is 1. The lowest BCUT2D eigenvalue weighted by atomic mass is 10.2. The van der Waals surface area contributed by atoms with Gasteiger partial charge in [0.05, 0.1) is 26.0 Å². The first kappa shape index (κ1) is 18.1. The van der Waals surface area contributed by atoms with E-state index >= 15 is 0 Å². The molecule has 0 atom stereocenters. The van der Waals surface area contributed by atoms with Gasteiger partial charge in [-0.05, 0) is 30.7 Å². The molecule has 0 aliphatic carbocycles. The number of hydrogen-bond acceptors (Lipinski definition) is 6. The monoisotopic (exact) mass is 341 g/mol. The van der Waals surface area contributed by atoms with Crippen LogP contribution in [-0.4, -0.2) is 26.2 Å². The molecule has 2 rings (SSSR count). The Balaban J connectivity index is 2.37. The van der Waals surface area contributed by atoms with Crippen LogP contribution in [0.3, 0.4) is 0 Å². The predicted molar refractivity (Wildman–Crippen MR) is 93.4 cm³/mol. The van der Waals surface area contributed by atoms with Gasteiger partial charge in [0.2, 0.25) is 0 Å². The number of ether oxygens (including phenoxy) is 3. The Labute approximate surface area is 146 Å². The predicted octanol–water partition coefficient (Wildman–Crippen LogP) is 3.43. The van der Waals surface area contributed by atoms with Crippen LogP contribution in [0.25, 0.3) is 0 Å². The normalized spacial score (nSPS) is 10.8. The number of rotatable bonds is 6. The van der Waals surface area contributed by atoms with Gasteiger partial charge in [0, 0.05) is 0 Å². The Bertz CT molecular complexity index is 784. The van der Waals surface area contributed by atoms with Crippen molar-refractivity contribution in [3.05, 3.63) is 65.9 Å². The maximum atomic E-state index is 11.9. The van der Waals surface area contributed by atoms with E-state index in [-0.39, 0.29) is 5.70 Å². The van der Waals surface area contributed by atoms with Crippen LogP contribution in [0.2, 0.25) is 0 Å². The van der Waals surface area contributed by atoms with E-state index in [2.05, 4.69) is 10.1 Å². The van der Waals surface area contributed by atoms with Crippen LogP contribution < -0.4 is 10.1 Å². The smallest absolute Gasteiger partial charge is 0.354 e. The number of esters is 2. The van der Waals surface area contributed by atoms with Gasteiger partial charge in [-0.15, -0.1) is 0 Å². The highest BCUT2D eigenvalue weighted by Crippen LogP contribution is 2.33. The second-order valence-corrected chi connectivity index (χ2v) is 5.06. The van der Waals surface area contributed by atoms with Gasteiger partial charge >= 0.3 is 11.9 Å². The fourth-order valence-electron chi connectivity index (χ4n) is 2.07. The lowest BCUT2D eigenvalue weighted by Crippen LogP contribution is -2.16. The van der Waals surface area contributed by atoms with Crippen molar-refractivity contribution in [2.24, 2.45) is 0 Å². The minimum absolute atomic E-state index is 0.0575. The first-order valence-corrected chi connectivity index (χ1v) is 7.52. The third kappa shape index (κ3) is 4.84. The zero-order valence-corrected chi connectivity index (χ0v) is 14.2. The van der Waals surface area contributed by atoms with Gasteiger partial charge in [-0.2, -0.15) is 0 Å². The van der Waals surface area contributed by atoms with E-state index in [4.69, 9.17) is 9.47 Å². The molecule has 0 spiro atoms. The number of para-hydroxylation sites is 2. The molecule has 0 amide bonds. The van der Waals surface area contributed by atoms with E-state index in [9.17, 15) is 9.59 Å². The highest BCUT2D eigenvalue weighted by molar-refractivity contribution is 5.99. The summed E-state index contributed by atoms with van der Waals surface area (Å²) in [5.41, 5.74) is 1.32. The second kappa shape index (κ2) is 8.54. The molecule has 0 heterocycles. The largest absolute Gasteiger partial charge is 0.466 e.